The van der Waals surface area contributed by atoms with Gasteiger partial charge in [-0.2, -0.15) is 0 Å². The third kappa shape index (κ3) is 4.89. The Labute approximate surface area is 139 Å². The van der Waals surface area contributed by atoms with E-state index in [1.165, 1.54) is 11.3 Å². The quantitative estimate of drug-likeness (QED) is 0.826. The minimum absolute atomic E-state index is 0.0855. The molecule has 0 aliphatic carbocycles. The number of thiazole rings is 1. The number of nitrogens with one attached hydrogen (secondary N) is 1. The lowest BCUT2D eigenvalue weighted by Crippen LogP contribution is -2.22. The van der Waals surface area contributed by atoms with Crippen LogP contribution in [0.3, 0.4) is 0 Å². The fourth-order valence-corrected chi connectivity index (χ4v) is 2.82. The number of rotatable bonds is 6. The summed E-state index contributed by atoms with van der Waals surface area (Å²) in [4.78, 5) is 27.9. The molecule has 2 rings (SSSR count). The number of nitrogens with zero attached hydrogens (tertiary/aromatic N) is 1. The molecule has 1 aromatic carbocycles. The van der Waals surface area contributed by atoms with Crippen LogP contribution < -0.4 is 5.32 Å². The number of esters is 1. The second kappa shape index (κ2) is 7.87. The number of carbonyl (C=O) groups excluding carboxylic acids is 2. The number of para-hydroxylation sites is 1. The number of ether oxygens (including phenoxy) is 1. The van der Waals surface area contributed by atoms with Crippen LogP contribution in [0.25, 0.3) is 0 Å². The van der Waals surface area contributed by atoms with Gasteiger partial charge in [0, 0.05) is 11.1 Å². The number of hydrogen-bond donors (Lipinski definition) is 1. The first-order valence-corrected chi connectivity index (χ1v) is 8.32. The van der Waals surface area contributed by atoms with Crippen molar-refractivity contribution in [2.45, 2.75) is 33.6 Å². The van der Waals surface area contributed by atoms with E-state index in [0.717, 1.165) is 28.2 Å². The maximum atomic E-state index is 12.0. The molecule has 0 fully saturated rings. The monoisotopic (exact) mass is 332 g/mol. The fourth-order valence-electron chi connectivity index (χ4n) is 2.21. The molecule has 1 aromatic heterocycles. The molecule has 0 unspecified atom stereocenters. The summed E-state index contributed by atoms with van der Waals surface area (Å²) in [5, 5.41) is 5.54. The Morgan fingerprint density at radius 3 is 2.74 bits per heavy atom. The van der Waals surface area contributed by atoms with Gasteiger partial charge in [-0.25, -0.2) is 4.98 Å². The smallest absolute Gasteiger partial charge is 0.312 e. The molecular formula is C17H20N2O3S. The Morgan fingerprint density at radius 2 is 2.09 bits per heavy atom. The zero-order valence-electron chi connectivity index (χ0n) is 13.5. The van der Waals surface area contributed by atoms with Gasteiger partial charge in [-0.15, -0.1) is 11.3 Å². The van der Waals surface area contributed by atoms with Crippen molar-refractivity contribution in [3.8, 4) is 0 Å². The van der Waals surface area contributed by atoms with Crippen molar-refractivity contribution in [3.05, 3.63) is 45.4 Å². The second-order valence-corrected chi connectivity index (χ2v) is 6.27. The van der Waals surface area contributed by atoms with Gasteiger partial charge in [0.25, 0.3) is 5.91 Å². The molecule has 6 heteroatoms. The first kappa shape index (κ1) is 17.1. The minimum atomic E-state index is -0.453. The molecule has 0 saturated heterocycles. The molecule has 0 aliphatic heterocycles. The van der Waals surface area contributed by atoms with E-state index in [9.17, 15) is 9.59 Å². The van der Waals surface area contributed by atoms with Crippen LogP contribution in [0.4, 0.5) is 5.69 Å². The Bertz CT molecular complexity index is 710. The number of hydrogen-bond acceptors (Lipinski definition) is 5. The third-order valence-electron chi connectivity index (χ3n) is 3.36. The molecule has 1 heterocycles. The van der Waals surface area contributed by atoms with Gasteiger partial charge < -0.3 is 10.1 Å². The van der Waals surface area contributed by atoms with Crippen molar-refractivity contribution < 1.29 is 14.3 Å². The van der Waals surface area contributed by atoms with Gasteiger partial charge in [0.15, 0.2) is 6.61 Å². The first-order valence-electron chi connectivity index (χ1n) is 7.44. The van der Waals surface area contributed by atoms with Gasteiger partial charge in [0.1, 0.15) is 0 Å². The van der Waals surface area contributed by atoms with Crippen LogP contribution in [0.5, 0.6) is 0 Å². The van der Waals surface area contributed by atoms with Gasteiger partial charge in [-0.1, -0.05) is 25.1 Å². The van der Waals surface area contributed by atoms with Crippen LogP contribution in [0.15, 0.2) is 23.6 Å². The number of carbonyl (C=O) groups is 2. The standard InChI is InChI=1S/C17H20N2O3S/c1-4-13-7-5-6-11(2)17(13)19-15(20)9-22-16(21)8-14-10-23-12(3)18-14/h5-7,10H,4,8-9H2,1-3H3,(H,19,20). The zero-order valence-corrected chi connectivity index (χ0v) is 14.3. The molecule has 0 saturated carbocycles. The Balaban J connectivity index is 1.87. The molecule has 23 heavy (non-hydrogen) atoms. The predicted molar refractivity (Wildman–Crippen MR) is 90.7 cm³/mol. The summed E-state index contributed by atoms with van der Waals surface area (Å²) in [6, 6.07) is 5.87. The molecule has 1 N–H and O–H groups in total. The van der Waals surface area contributed by atoms with Gasteiger partial charge in [-0.05, 0) is 31.4 Å². The maximum absolute atomic E-state index is 12.0. The molecule has 0 spiro atoms. The molecule has 1 amide bonds. The van der Waals surface area contributed by atoms with Gasteiger partial charge in [-0.3, -0.25) is 9.59 Å². The highest BCUT2D eigenvalue weighted by molar-refractivity contribution is 7.09. The van der Waals surface area contributed by atoms with E-state index in [1.807, 2.05) is 44.4 Å². The van der Waals surface area contributed by atoms with Crippen molar-refractivity contribution in [2.24, 2.45) is 0 Å². The van der Waals surface area contributed by atoms with Crippen LogP contribution in [-0.2, 0) is 27.2 Å². The summed E-state index contributed by atoms with van der Waals surface area (Å²) in [7, 11) is 0. The van der Waals surface area contributed by atoms with Crippen molar-refractivity contribution >= 4 is 28.9 Å². The Morgan fingerprint density at radius 1 is 1.30 bits per heavy atom. The van der Waals surface area contributed by atoms with Crippen LogP contribution >= 0.6 is 11.3 Å². The Kier molecular flexibility index (Phi) is 5.87. The molecular weight excluding hydrogens is 312 g/mol. The highest BCUT2D eigenvalue weighted by Crippen LogP contribution is 2.20. The van der Waals surface area contributed by atoms with Crippen molar-refractivity contribution in [1.29, 1.82) is 0 Å². The Hall–Kier alpha value is -2.21. The molecule has 122 valence electrons. The average molecular weight is 332 g/mol. The summed E-state index contributed by atoms with van der Waals surface area (Å²) in [5.74, 6) is -0.789. The van der Waals surface area contributed by atoms with E-state index in [4.69, 9.17) is 4.74 Å². The van der Waals surface area contributed by atoms with Crippen LogP contribution in [0.2, 0.25) is 0 Å². The van der Waals surface area contributed by atoms with E-state index in [1.54, 1.807) is 0 Å². The highest BCUT2D eigenvalue weighted by atomic mass is 32.1. The number of benzene rings is 1. The number of aryl methyl sites for hydroxylation is 3. The van der Waals surface area contributed by atoms with E-state index >= 15 is 0 Å². The molecule has 0 radical (unpaired) electrons. The lowest BCUT2D eigenvalue weighted by molar-refractivity contribution is -0.146. The predicted octanol–water partition coefficient (Wildman–Crippen LogP) is 3.05. The van der Waals surface area contributed by atoms with Crippen molar-refractivity contribution in [1.82, 2.24) is 4.98 Å². The first-order chi connectivity index (χ1) is 11.0. The lowest BCUT2D eigenvalue weighted by atomic mass is 10.1. The lowest BCUT2D eigenvalue weighted by Gasteiger charge is -2.13. The van der Waals surface area contributed by atoms with Crippen molar-refractivity contribution in [3.63, 3.8) is 0 Å². The third-order valence-corrected chi connectivity index (χ3v) is 4.18. The number of aromatic nitrogens is 1. The summed E-state index contributed by atoms with van der Waals surface area (Å²) in [5.41, 5.74) is 3.51. The van der Waals surface area contributed by atoms with Gasteiger partial charge >= 0.3 is 5.97 Å². The van der Waals surface area contributed by atoms with E-state index in [-0.39, 0.29) is 18.9 Å². The summed E-state index contributed by atoms with van der Waals surface area (Å²) in [6.45, 7) is 5.55. The summed E-state index contributed by atoms with van der Waals surface area (Å²) >= 11 is 1.48. The summed E-state index contributed by atoms with van der Waals surface area (Å²) < 4.78 is 5.02. The van der Waals surface area contributed by atoms with Crippen LogP contribution in [0.1, 0.15) is 28.8 Å². The maximum Gasteiger partial charge on any atom is 0.312 e. The molecule has 0 aliphatic rings. The van der Waals surface area contributed by atoms with Gasteiger partial charge in [0.2, 0.25) is 0 Å². The SMILES string of the molecule is CCc1cccc(C)c1NC(=O)COC(=O)Cc1csc(C)n1. The van der Waals surface area contributed by atoms with Crippen molar-refractivity contribution in [2.75, 3.05) is 11.9 Å². The number of anilines is 1. The van der Waals surface area contributed by atoms with E-state index in [0.29, 0.717) is 5.69 Å². The van der Waals surface area contributed by atoms with E-state index in [2.05, 4.69) is 10.3 Å². The van der Waals surface area contributed by atoms with Crippen LogP contribution in [-0.4, -0.2) is 23.5 Å². The largest absolute Gasteiger partial charge is 0.455 e. The highest BCUT2D eigenvalue weighted by Gasteiger charge is 2.12. The molecule has 0 atom stereocenters. The second-order valence-electron chi connectivity index (χ2n) is 5.21. The zero-order chi connectivity index (χ0) is 16.8. The molecule has 0 bridgehead atoms. The molecule has 2 aromatic rings. The van der Waals surface area contributed by atoms with Gasteiger partial charge in [0.05, 0.1) is 17.1 Å². The fraction of sp³-hybridized carbons (Fsp3) is 0.353. The average Bonchev–Trinajstić information content (AvgIpc) is 2.92. The summed E-state index contributed by atoms with van der Waals surface area (Å²) in [6.07, 6.45) is 0.905. The minimum Gasteiger partial charge on any atom is -0.455 e. The van der Waals surface area contributed by atoms with E-state index < -0.39 is 5.97 Å². The normalized spacial score (nSPS) is 10.4. The molecule has 5 nitrogen and oxygen atoms in total. The topological polar surface area (TPSA) is 68.3 Å². The number of amides is 1. The van der Waals surface area contributed by atoms with Crippen LogP contribution in [0, 0.1) is 13.8 Å².